The maximum Gasteiger partial charge on any atom is 1.00 e. The Hall–Kier alpha value is -1.16. The molecule has 0 bridgehead atoms. The molecule has 2 amide bonds. The van der Waals surface area contributed by atoms with Gasteiger partial charge in [-0.3, -0.25) is 14.4 Å². The molecule has 6 N–H and O–H groups in total. The van der Waals surface area contributed by atoms with Gasteiger partial charge in [0.15, 0.2) is 0 Å². The summed E-state index contributed by atoms with van der Waals surface area (Å²) in [5.74, 6) is -4.55. The van der Waals surface area contributed by atoms with Crippen LogP contribution in [0.1, 0.15) is 19.3 Å². The molecular weight excluding hydrogens is 269 g/mol. The van der Waals surface area contributed by atoms with Crippen LogP contribution in [-0.2, 0) is 19.2 Å². The van der Waals surface area contributed by atoms with E-state index in [0.29, 0.717) is 0 Å². The van der Waals surface area contributed by atoms with Crippen LogP contribution in [0.3, 0.4) is 0 Å². The van der Waals surface area contributed by atoms with Gasteiger partial charge in [-0.05, 0) is 6.42 Å². The van der Waals surface area contributed by atoms with Gasteiger partial charge in [0.2, 0.25) is 11.8 Å². The molecule has 0 aromatic heterocycles. The molecule has 0 aliphatic rings. The predicted molar refractivity (Wildman–Crippen MR) is 55.6 cm³/mol. The first-order chi connectivity index (χ1) is 8.23. The molecule has 0 aliphatic carbocycles. The van der Waals surface area contributed by atoms with Crippen molar-refractivity contribution in [1.29, 1.82) is 0 Å². The summed E-state index contributed by atoms with van der Waals surface area (Å²) in [5, 5.41) is 21.1. The number of rotatable bonds is 8. The third-order valence-electron chi connectivity index (χ3n) is 2.02. The van der Waals surface area contributed by atoms with E-state index >= 15 is 0 Å². The molecule has 0 aromatic rings. The fourth-order valence-corrected chi connectivity index (χ4v) is 1.08. The van der Waals surface area contributed by atoms with Gasteiger partial charge >= 0.3 is 35.5 Å². The zero-order chi connectivity index (χ0) is 14.3. The van der Waals surface area contributed by atoms with E-state index in [9.17, 15) is 24.3 Å². The number of hydrogen-bond acceptors (Lipinski definition) is 6. The third kappa shape index (κ3) is 9.42. The zero-order valence-electron chi connectivity index (χ0n) is 10.4. The molecule has 0 saturated heterocycles. The summed E-state index contributed by atoms with van der Waals surface area (Å²) in [6.45, 7) is 0. The van der Waals surface area contributed by atoms with Crippen molar-refractivity contribution in [2.75, 3.05) is 0 Å². The number of carboxylic acid groups (broad SMARTS) is 2. The summed E-state index contributed by atoms with van der Waals surface area (Å²) < 4.78 is 0. The minimum atomic E-state index is -1.59. The number of hydrogen-bond donors (Lipinski definition) is 4. The van der Waals surface area contributed by atoms with Crippen LogP contribution in [0, 0.1) is 0 Å². The molecule has 0 rings (SSSR count). The summed E-state index contributed by atoms with van der Waals surface area (Å²) in [4.78, 5) is 42.7. The first-order valence-electron chi connectivity index (χ1n) is 5.01. The van der Waals surface area contributed by atoms with E-state index in [4.69, 9.17) is 16.6 Å². The molecule has 10 heteroatoms. The topological polar surface area (TPSA) is 176 Å². The smallest absolute Gasteiger partial charge is 0.548 e. The predicted octanol–water partition coefficient (Wildman–Crippen LogP) is -6.71. The average molecular weight is 283 g/mol. The average Bonchev–Trinajstić information content (AvgIpc) is 2.23. The van der Waals surface area contributed by atoms with Crippen molar-refractivity contribution >= 4 is 23.8 Å². The summed E-state index contributed by atoms with van der Waals surface area (Å²) in [6, 6.07) is -2.84. The van der Waals surface area contributed by atoms with Gasteiger partial charge in [-0.15, -0.1) is 0 Å². The Labute approximate surface area is 131 Å². The van der Waals surface area contributed by atoms with E-state index < -0.39 is 42.3 Å². The van der Waals surface area contributed by atoms with E-state index in [1.54, 1.807) is 0 Å². The monoisotopic (exact) mass is 283 g/mol. The van der Waals surface area contributed by atoms with Gasteiger partial charge in [-0.1, -0.05) is 0 Å². The van der Waals surface area contributed by atoms with Gasteiger partial charge in [0.05, 0.1) is 18.4 Å². The molecule has 102 valence electrons. The fraction of sp³-hybridized carbons (Fsp3) is 0.556. The van der Waals surface area contributed by atoms with Crippen LogP contribution >= 0.6 is 0 Å². The van der Waals surface area contributed by atoms with Gasteiger partial charge in [0, 0.05) is 6.42 Å². The Kier molecular flexibility index (Phi) is 10.3. The first-order valence-corrected chi connectivity index (χ1v) is 5.01. The van der Waals surface area contributed by atoms with Crippen molar-refractivity contribution in [1.82, 2.24) is 5.32 Å². The van der Waals surface area contributed by atoms with Gasteiger partial charge in [-0.25, -0.2) is 0 Å². The number of carbonyl (C=O) groups is 4. The molecule has 0 unspecified atom stereocenters. The molecule has 0 spiro atoms. The van der Waals surface area contributed by atoms with Crippen molar-refractivity contribution in [2.24, 2.45) is 11.5 Å². The normalized spacial score (nSPS) is 12.7. The second kappa shape index (κ2) is 9.73. The summed E-state index contributed by atoms with van der Waals surface area (Å²) in [6.07, 6.45) is -1.05. The van der Waals surface area contributed by atoms with E-state index in [1.165, 1.54) is 0 Å². The Morgan fingerprint density at radius 1 is 1.26 bits per heavy atom. The second-order valence-corrected chi connectivity index (χ2v) is 3.59. The number of carboxylic acids is 2. The molecule has 0 aliphatic heterocycles. The van der Waals surface area contributed by atoms with Crippen LogP contribution in [0.15, 0.2) is 0 Å². The Morgan fingerprint density at radius 2 is 1.79 bits per heavy atom. The van der Waals surface area contributed by atoms with Crippen LogP contribution in [0.25, 0.3) is 0 Å². The second-order valence-electron chi connectivity index (χ2n) is 3.59. The van der Waals surface area contributed by atoms with Crippen LogP contribution in [0.4, 0.5) is 0 Å². The summed E-state index contributed by atoms with van der Waals surface area (Å²) in [5.41, 5.74) is 9.92. The van der Waals surface area contributed by atoms with Gasteiger partial charge in [-0.2, -0.15) is 0 Å². The zero-order valence-corrected chi connectivity index (χ0v) is 12.4. The molecule has 0 radical (unpaired) electrons. The van der Waals surface area contributed by atoms with E-state index in [1.807, 2.05) is 5.32 Å². The number of carbonyl (C=O) groups excluding carboxylic acids is 3. The fourth-order valence-electron chi connectivity index (χ4n) is 1.08. The number of primary amides is 1. The SMILES string of the molecule is NC(=O)CC[C@H](NC(=O)C[C@H](N)C(=O)O)C(=O)[O-].[Na+]. The van der Waals surface area contributed by atoms with Crippen molar-refractivity contribution < 1.29 is 58.9 Å². The largest absolute Gasteiger partial charge is 1.00 e. The van der Waals surface area contributed by atoms with Gasteiger partial charge in [0.25, 0.3) is 0 Å². The quantitative estimate of drug-likeness (QED) is 0.320. The Morgan fingerprint density at radius 3 is 2.16 bits per heavy atom. The molecule has 0 saturated carbocycles. The molecule has 19 heavy (non-hydrogen) atoms. The standard InChI is InChI=1S/C9H15N3O6.Na/c10-4(8(15)16)3-7(14)12-5(9(17)18)1-2-6(11)13;/h4-5H,1-3,10H2,(H2,11,13)(H,12,14)(H,15,16)(H,17,18);/q;+1/p-1/t4-,5-;/m0./s1. The van der Waals surface area contributed by atoms with Crippen molar-refractivity contribution in [3.8, 4) is 0 Å². The van der Waals surface area contributed by atoms with Crippen LogP contribution in [-0.4, -0.2) is 40.9 Å². The number of nitrogens with one attached hydrogen (secondary N) is 1. The summed E-state index contributed by atoms with van der Waals surface area (Å²) >= 11 is 0. The van der Waals surface area contributed by atoms with E-state index in [-0.39, 0.29) is 42.4 Å². The number of amides is 2. The molecule has 0 aromatic carbocycles. The van der Waals surface area contributed by atoms with Crippen molar-refractivity contribution in [3.05, 3.63) is 0 Å². The van der Waals surface area contributed by atoms with Crippen LogP contribution in [0.5, 0.6) is 0 Å². The molecule has 0 heterocycles. The maximum atomic E-state index is 11.3. The van der Waals surface area contributed by atoms with Crippen LogP contribution < -0.4 is 51.4 Å². The third-order valence-corrected chi connectivity index (χ3v) is 2.02. The Balaban J connectivity index is 0. The number of nitrogens with two attached hydrogens (primary N) is 2. The van der Waals surface area contributed by atoms with E-state index in [0.717, 1.165) is 0 Å². The molecule has 9 nitrogen and oxygen atoms in total. The van der Waals surface area contributed by atoms with E-state index in [2.05, 4.69) is 0 Å². The summed E-state index contributed by atoms with van der Waals surface area (Å²) in [7, 11) is 0. The maximum absolute atomic E-state index is 11.3. The minimum Gasteiger partial charge on any atom is -0.548 e. The Bertz CT molecular complexity index is 362. The van der Waals surface area contributed by atoms with Gasteiger partial charge in [0.1, 0.15) is 6.04 Å². The molecule has 0 fully saturated rings. The number of aliphatic carboxylic acids is 2. The molecular formula is C9H14N3NaO6. The first kappa shape index (κ1) is 20.2. The molecule has 2 atom stereocenters. The van der Waals surface area contributed by atoms with Gasteiger partial charge < -0.3 is 31.8 Å². The van der Waals surface area contributed by atoms with Crippen molar-refractivity contribution in [3.63, 3.8) is 0 Å². The van der Waals surface area contributed by atoms with Crippen molar-refractivity contribution in [2.45, 2.75) is 31.3 Å². The minimum absolute atomic E-state index is 0. The van der Waals surface area contributed by atoms with Crippen LogP contribution in [0.2, 0.25) is 0 Å².